The van der Waals surface area contributed by atoms with Crippen LogP contribution in [0.25, 0.3) is 0 Å². The maximum atomic E-state index is 12.4. The molecule has 1 aliphatic rings. The summed E-state index contributed by atoms with van der Waals surface area (Å²) in [7, 11) is -3.37. The van der Waals surface area contributed by atoms with E-state index < -0.39 is 10.0 Å². The second kappa shape index (κ2) is 7.22. The molecule has 1 saturated carbocycles. The quantitative estimate of drug-likeness (QED) is 0.770. The molecular weight excluding hydrogens is 304 g/mol. The second-order valence-electron chi connectivity index (χ2n) is 5.91. The smallest absolute Gasteiger partial charge is 0.241 e. The summed E-state index contributed by atoms with van der Waals surface area (Å²) in [6.45, 7) is 6.40. The lowest BCUT2D eigenvalue weighted by Crippen LogP contribution is -2.35. The van der Waals surface area contributed by atoms with E-state index in [4.69, 9.17) is 0 Å². The second-order valence-corrected chi connectivity index (χ2v) is 8.68. The van der Waals surface area contributed by atoms with Gasteiger partial charge in [0.15, 0.2) is 0 Å². The van der Waals surface area contributed by atoms with E-state index in [9.17, 15) is 8.42 Å². The van der Waals surface area contributed by atoms with Gasteiger partial charge < -0.3 is 5.32 Å². The van der Waals surface area contributed by atoms with Crippen LogP contribution >= 0.6 is 11.3 Å². The van der Waals surface area contributed by atoms with Crippen LogP contribution < -0.4 is 10.0 Å². The first-order valence-electron chi connectivity index (χ1n) is 7.79. The van der Waals surface area contributed by atoms with Crippen molar-refractivity contribution in [1.82, 2.24) is 10.0 Å². The number of hydrogen-bond acceptors (Lipinski definition) is 4. The third kappa shape index (κ3) is 4.28. The highest BCUT2D eigenvalue weighted by Gasteiger charge is 2.33. The third-order valence-electron chi connectivity index (χ3n) is 4.54. The summed E-state index contributed by atoms with van der Waals surface area (Å²) >= 11 is 1.50. The number of hydrogen-bond donors (Lipinski definition) is 2. The van der Waals surface area contributed by atoms with Gasteiger partial charge in [0.1, 0.15) is 0 Å². The lowest BCUT2D eigenvalue weighted by Gasteiger charge is -2.27. The molecule has 0 atom stereocenters. The standard InChI is InChI=1S/C15H26N2O2S2/c1-3-15(7-5-6-8-15)12-17-21(18,19)14-9-13(20-11-14)10-16-4-2/h9,11,16-17H,3-8,10,12H2,1-2H3. The highest BCUT2D eigenvalue weighted by Crippen LogP contribution is 2.40. The average Bonchev–Trinajstić information content (AvgIpc) is 3.13. The fourth-order valence-electron chi connectivity index (χ4n) is 2.95. The molecule has 2 N–H and O–H groups in total. The minimum Gasteiger partial charge on any atom is -0.312 e. The van der Waals surface area contributed by atoms with E-state index in [-0.39, 0.29) is 5.41 Å². The monoisotopic (exact) mass is 330 g/mol. The molecule has 0 amide bonds. The van der Waals surface area contributed by atoms with Crippen LogP contribution in [0.5, 0.6) is 0 Å². The highest BCUT2D eigenvalue weighted by molar-refractivity contribution is 7.89. The van der Waals surface area contributed by atoms with Crippen LogP contribution in [0.2, 0.25) is 0 Å². The molecule has 0 aromatic carbocycles. The average molecular weight is 331 g/mol. The van der Waals surface area contributed by atoms with E-state index >= 15 is 0 Å². The minimum atomic E-state index is -3.37. The zero-order valence-corrected chi connectivity index (χ0v) is 14.6. The summed E-state index contributed by atoms with van der Waals surface area (Å²) in [5.41, 5.74) is 0.176. The Morgan fingerprint density at radius 1 is 1.29 bits per heavy atom. The number of rotatable bonds is 8. The zero-order chi connectivity index (χ0) is 15.3. The molecule has 1 aliphatic carbocycles. The van der Waals surface area contributed by atoms with Gasteiger partial charge in [-0.3, -0.25) is 0 Å². The molecule has 4 nitrogen and oxygen atoms in total. The molecule has 0 spiro atoms. The molecule has 0 bridgehead atoms. The molecule has 0 saturated heterocycles. The fourth-order valence-corrected chi connectivity index (χ4v) is 5.36. The summed E-state index contributed by atoms with van der Waals surface area (Å²) < 4.78 is 27.7. The zero-order valence-electron chi connectivity index (χ0n) is 12.9. The maximum Gasteiger partial charge on any atom is 0.241 e. The Morgan fingerprint density at radius 2 is 2.00 bits per heavy atom. The lowest BCUT2D eigenvalue weighted by molar-refractivity contribution is 0.285. The van der Waals surface area contributed by atoms with Crippen LogP contribution in [0.4, 0.5) is 0 Å². The number of thiophene rings is 1. The third-order valence-corrected chi connectivity index (χ3v) is 7.01. The van der Waals surface area contributed by atoms with Crippen LogP contribution in [0.15, 0.2) is 16.3 Å². The van der Waals surface area contributed by atoms with Gasteiger partial charge in [0, 0.05) is 23.3 Å². The molecule has 1 fully saturated rings. The van der Waals surface area contributed by atoms with Gasteiger partial charge >= 0.3 is 0 Å². The largest absolute Gasteiger partial charge is 0.312 e. The van der Waals surface area contributed by atoms with Crippen molar-refractivity contribution in [2.24, 2.45) is 5.41 Å². The van der Waals surface area contributed by atoms with Crippen molar-refractivity contribution in [3.05, 3.63) is 16.3 Å². The molecule has 1 aromatic rings. The highest BCUT2D eigenvalue weighted by atomic mass is 32.2. The van der Waals surface area contributed by atoms with Crippen LogP contribution in [-0.2, 0) is 16.6 Å². The Balaban J connectivity index is 1.99. The van der Waals surface area contributed by atoms with E-state index in [0.29, 0.717) is 11.4 Å². The number of sulfonamides is 1. The molecular formula is C15H26N2O2S2. The van der Waals surface area contributed by atoms with Crippen LogP contribution in [0, 0.1) is 5.41 Å². The van der Waals surface area contributed by atoms with Gasteiger partial charge in [-0.05, 0) is 37.3 Å². The van der Waals surface area contributed by atoms with Gasteiger partial charge in [-0.1, -0.05) is 26.7 Å². The van der Waals surface area contributed by atoms with Crippen molar-refractivity contribution in [3.63, 3.8) is 0 Å². The summed E-state index contributed by atoms with van der Waals surface area (Å²) in [6, 6.07) is 1.78. The van der Waals surface area contributed by atoms with Gasteiger partial charge in [-0.2, -0.15) is 0 Å². The van der Waals surface area contributed by atoms with Gasteiger partial charge in [-0.15, -0.1) is 11.3 Å². The molecule has 0 radical (unpaired) electrons. The van der Waals surface area contributed by atoms with Crippen LogP contribution in [0.1, 0.15) is 50.8 Å². The van der Waals surface area contributed by atoms with E-state index in [1.54, 1.807) is 11.4 Å². The van der Waals surface area contributed by atoms with Crippen molar-refractivity contribution in [2.75, 3.05) is 13.1 Å². The van der Waals surface area contributed by atoms with Crippen LogP contribution in [-0.4, -0.2) is 21.5 Å². The molecule has 120 valence electrons. The molecule has 1 heterocycles. The first-order valence-corrected chi connectivity index (χ1v) is 10.2. The van der Waals surface area contributed by atoms with E-state index in [0.717, 1.165) is 37.2 Å². The van der Waals surface area contributed by atoms with Crippen LogP contribution in [0.3, 0.4) is 0 Å². The van der Waals surface area contributed by atoms with Gasteiger partial charge in [0.05, 0.1) is 4.90 Å². The normalized spacial score (nSPS) is 18.2. The summed E-state index contributed by atoms with van der Waals surface area (Å²) in [4.78, 5) is 1.47. The van der Waals surface area contributed by atoms with Crippen molar-refractivity contribution in [3.8, 4) is 0 Å². The number of nitrogens with one attached hydrogen (secondary N) is 2. The molecule has 21 heavy (non-hydrogen) atoms. The van der Waals surface area contributed by atoms with E-state index in [2.05, 4.69) is 17.0 Å². The Hall–Kier alpha value is -0.430. The Bertz CT molecular complexity index is 546. The van der Waals surface area contributed by atoms with Crippen molar-refractivity contribution < 1.29 is 8.42 Å². The predicted octanol–water partition coefficient (Wildman–Crippen LogP) is 3.11. The Morgan fingerprint density at radius 3 is 2.62 bits per heavy atom. The molecule has 6 heteroatoms. The summed E-state index contributed by atoms with van der Waals surface area (Å²) in [5, 5.41) is 4.95. The van der Waals surface area contributed by atoms with Crippen molar-refractivity contribution in [2.45, 2.75) is 57.4 Å². The summed E-state index contributed by atoms with van der Waals surface area (Å²) in [5.74, 6) is 0. The summed E-state index contributed by atoms with van der Waals surface area (Å²) in [6.07, 6.45) is 5.77. The topological polar surface area (TPSA) is 58.2 Å². The Labute approximate surface area is 132 Å². The predicted molar refractivity (Wildman–Crippen MR) is 88.1 cm³/mol. The lowest BCUT2D eigenvalue weighted by atomic mass is 9.84. The van der Waals surface area contributed by atoms with Gasteiger partial charge in [0.2, 0.25) is 10.0 Å². The fraction of sp³-hybridized carbons (Fsp3) is 0.733. The SMILES string of the molecule is CCNCc1cc(S(=O)(=O)NCC2(CC)CCCC2)cs1. The molecule has 0 unspecified atom stereocenters. The van der Waals surface area contributed by atoms with Crippen molar-refractivity contribution in [1.29, 1.82) is 0 Å². The molecule has 1 aromatic heterocycles. The molecule has 0 aliphatic heterocycles. The first-order chi connectivity index (χ1) is 10.0. The minimum absolute atomic E-state index is 0.176. The van der Waals surface area contributed by atoms with Gasteiger partial charge in [-0.25, -0.2) is 13.1 Å². The maximum absolute atomic E-state index is 12.4. The first kappa shape index (κ1) is 16.9. The van der Waals surface area contributed by atoms with E-state index in [1.165, 1.54) is 24.2 Å². The molecule has 2 rings (SSSR count). The van der Waals surface area contributed by atoms with Crippen molar-refractivity contribution >= 4 is 21.4 Å². The van der Waals surface area contributed by atoms with Gasteiger partial charge in [0.25, 0.3) is 0 Å². The van der Waals surface area contributed by atoms with E-state index in [1.807, 2.05) is 6.92 Å². The Kier molecular flexibility index (Phi) is 5.82.